The maximum Gasteiger partial charge on any atom is 0.316 e. The van der Waals surface area contributed by atoms with Crippen LogP contribution in [0, 0.1) is 11.3 Å². The summed E-state index contributed by atoms with van der Waals surface area (Å²) >= 11 is 0. The summed E-state index contributed by atoms with van der Waals surface area (Å²) in [6.07, 6.45) is 2.12. The zero-order chi connectivity index (χ0) is 14.0. The van der Waals surface area contributed by atoms with Gasteiger partial charge in [-0.1, -0.05) is 20.3 Å². The Balaban J connectivity index is 3.84. The minimum absolute atomic E-state index is 0.104. The van der Waals surface area contributed by atoms with Crippen molar-refractivity contribution in [3.8, 4) is 0 Å². The standard InChI is InChI=1S/C13H26O5/c1-4-5-6-17-7-11(2)8-18-12(16)13(3,9-14)10-15/h11,14-15H,4-10H2,1-3H3. The number of hydrogen-bond donors (Lipinski definition) is 2. The van der Waals surface area contributed by atoms with E-state index in [1.54, 1.807) is 0 Å². The molecular formula is C13H26O5. The Hall–Kier alpha value is -0.650. The van der Waals surface area contributed by atoms with Gasteiger partial charge in [-0.15, -0.1) is 0 Å². The summed E-state index contributed by atoms with van der Waals surface area (Å²) < 4.78 is 10.5. The molecule has 0 amide bonds. The SMILES string of the molecule is CCCCOCC(C)COC(=O)C(C)(CO)CO. The van der Waals surface area contributed by atoms with Gasteiger partial charge in [-0.3, -0.25) is 4.79 Å². The van der Waals surface area contributed by atoms with E-state index in [2.05, 4.69) is 6.92 Å². The summed E-state index contributed by atoms with van der Waals surface area (Å²) in [4.78, 5) is 11.6. The van der Waals surface area contributed by atoms with E-state index in [-0.39, 0.29) is 12.5 Å². The number of aliphatic hydroxyl groups excluding tert-OH is 2. The molecule has 0 fully saturated rings. The molecule has 0 heterocycles. The first-order valence-corrected chi connectivity index (χ1v) is 6.46. The van der Waals surface area contributed by atoms with Crippen LogP contribution in [0.4, 0.5) is 0 Å². The monoisotopic (exact) mass is 262 g/mol. The van der Waals surface area contributed by atoms with Gasteiger partial charge >= 0.3 is 5.97 Å². The van der Waals surface area contributed by atoms with E-state index in [0.29, 0.717) is 6.61 Å². The molecule has 0 aromatic heterocycles. The lowest BCUT2D eigenvalue weighted by Crippen LogP contribution is -2.38. The number of aliphatic hydroxyl groups is 2. The van der Waals surface area contributed by atoms with Crippen LogP contribution in [-0.4, -0.2) is 49.2 Å². The molecular weight excluding hydrogens is 236 g/mol. The Morgan fingerprint density at radius 3 is 2.39 bits per heavy atom. The Kier molecular flexibility index (Phi) is 8.97. The van der Waals surface area contributed by atoms with E-state index in [0.717, 1.165) is 19.4 Å². The summed E-state index contributed by atoms with van der Waals surface area (Å²) in [5, 5.41) is 18.1. The highest BCUT2D eigenvalue weighted by Gasteiger charge is 2.33. The quantitative estimate of drug-likeness (QED) is 0.453. The molecule has 5 heteroatoms. The average molecular weight is 262 g/mol. The first-order chi connectivity index (χ1) is 8.50. The Labute approximate surface area is 109 Å². The van der Waals surface area contributed by atoms with Crippen molar-refractivity contribution in [2.45, 2.75) is 33.6 Å². The van der Waals surface area contributed by atoms with Gasteiger partial charge in [0.1, 0.15) is 5.41 Å². The summed E-state index contributed by atoms with van der Waals surface area (Å²) in [5.74, 6) is -0.472. The summed E-state index contributed by atoms with van der Waals surface area (Å²) in [6.45, 7) is 6.14. The van der Waals surface area contributed by atoms with Crippen molar-refractivity contribution in [2.24, 2.45) is 11.3 Å². The van der Waals surface area contributed by atoms with E-state index in [1.807, 2.05) is 6.92 Å². The van der Waals surface area contributed by atoms with Crippen LogP contribution in [0.1, 0.15) is 33.6 Å². The Morgan fingerprint density at radius 2 is 1.89 bits per heavy atom. The van der Waals surface area contributed by atoms with E-state index in [4.69, 9.17) is 19.7 Å². The molecule has 0 aromatic rings. The molecule has 0 bridgehead atoms. The molecule has 108 valence electrons. The van der Waals surface area contributed by atoms with Crippen LogP contribution >= 0.6 is 0 Å². The average Bonchev–Trinajstić information content (AvgIpc) is 2.39. The second-order valence-electron chi connectivity index (χ2n) is 5.01. The summed E-state index contributed by atoms with van der Waals surface area (Å²) in [6, 6.07) is 0. The van der Waals surface area contributed by atoms with Gasteiger partial charge in [0, 0.05) is 12.5 Å². The number of carbonyl (C=O) groups excluding carboxylic acids is 1. The highest BCUT2D eigenvalue weighted by atomic mass is 16.5. The zero-order valence-electron chi connectivity index (χ0n) is 11.6. The van der Waals surface area contributed by atoms with E-state index >= 15 is 0 Å². The Morgan fingerprint density at radius 1 is 1.28 bits per heavy atom. The highest BCUT2D eigenvalue weighted by molar-refractivity contribution is 5.76. The van der Waals surface area contributed by atoms with Crippen molar-refractivity contribution in [1.29, 1.82) is 0 Å². The lowest BCUT2D eigenvalue weighted by Gasteiger charge is -2.23. The molecule has 18 heavy (non-hydrogen) atoms. The molecule has 0 aliphatic heterocycles. The molecule has 0 radical (unpaired) electrons. The fourth-order valence-electron chi connectivity index (χ4n) is 1.15. The Bertz CT molecular complexity index is 225. The second-order valence-corrected chi connectivity index (χ2v) is 5.01. The van der Waals surface area contributed by atoms with Crippen LogP contribution in [0.2, 0.25) is 0 Å². The minimum atomic E-state index is -1.22. The number of unbranched alkanes of at least 4 members (excludes halogenated alkanes) is 1. The highest BCUT2D eigenvalue weighted by Crippen LogP contribution is 2.17. The normalized spacial score (nSPS) is 13.4. The van der Waals surface area contributed by atoms with Crippen molar-refractivity contribution in [3.05, 3.63) is 0 Å². The van der Waals surface area contributed by atoms with Crippen LogP contribution in [0.5, 0.6) is 0 Å². The molecule has 0 spiro atoms. The molecule has 0 aromatic carbocycles. The number of carbonyl (C=O) groups is 1. The molecule has 0 aliphatic carbocycles. The first kappa shape index (κ1) is 17.4. The van der Waals surface area contributed by atoms with Crippen molar-refractivity contribution < 1.29 is 24.5 Å². The molecule has 1 atom stereocenters. The van der Waals surface area contributed by atoms with E-state index in [1.165, 1.54) is 6.92 Å². The second kappa shape index (κ2) is 9.30. The topological polar surface area (TPSA) is 76.0 Å². The minimum Gasteiger partial charge on any atom is -0.465 e. The lowest BCUT2D eigenvalue weighted by atomic mass is 9.93. The molecule has 0 saturated heterocycles. The molecule has 0 rings (SSSR count). The summed E-state index contributed by atoms with van der Waals surface area (Å²) in [5.41, 5.74) is -1.22. The predicted octanol–water partition coefficient (Wildman–Crippen LogP) is 0.973. The van der Waals surface area contributed by atoms with Gasteiger partial charge in [0.15, 0.2) is 0 Å². The molecule has 5 nitrogen and oxygen atoms in total. The van der Waals surface area contributed by atoms with Crippen LogP contribution in [-0.2, 0) is 14.3 Å². The largest absolute Gasteiger partial charge is 0.465 e. The van der Waals surface area contributed by atoms with Gasteiger partial charge in [0.05, 0.1) is 26.4 Å². The van der Waals surface area contributed by atoms with Gasteiger partial charge in [-0.25, -0.2) is 0 Å². The fourth-order valence-corrected chi connectivity index (χ4v) is 1.15. The van der Waals surface area contributed by atoms with Crippen LogP contribution in [0.15, 0.2) is 0 Å². The molecule has 0 aliphatic rings. The van der Waals surface area contributed by atoms with E-state index < -0.39 is 24.6 Å². The number of esters is 1. The van der Waals surface area contributed by atoms with Crippen LogP contribution < -0.4 is 0 Å². The number of ether oxygens (including phenoxy) is 2. The van der Waals surface area contributed by atoms with Gasteiger partial charge in [-0.2, -0.15) is 0 Å². The third-order valence-electron chi connectivity index (χ3n) is 2.73. The fraction of sp³-hybridized carbons (Fsp3) is 0.923. The molecule has 2 N–H and O–H groups in total. The number of hydrogen-bond acceptors (Lipinski definition) is 5. The maximum atomic E-state index is 11.6. The molecule has 1 unspecified atom stereocenters. The predicted molar refractivity (Wildman–Crippen MR) is 68.1 cm³/mol. The van der Waals surface area contributed by atoms with Gasteiger partial charge < -0.3 is 19.7 Å². The van der Waals surface area contributed by atoms with Gasteiger partial charge in [0.2, 0.25) is 0 Å². The smallest absolute Gasteiger partial charge is 0.316 e. The van der Waals surface area contributed by atoms with Gasteiger partial charge in [0.25, 0.3) is 0 Å². The van der Waals surface area contributed by atoms with Crippen LogP contribution in [0.3, 0.4) is 0 Å². The van der Waals surface area contributed by atoms with Crippen molar-refractivity contribution in [1.82, 2.24) is 0 Å². The van der Waals surface area contributed by atoms with Crippen LogP contribution in [0.25, 0.3) is 0 Å². The van der Waals surface area contributed by atoms with Gasteiger partial charge in [-0.05, 0) is 13.3 Å². The van der Waals surface area contributed by atoms with Crippen molar-refractivity contribution in [3.63, 3.8) is 0 Å². The van der Waals surface area contributed by atoms with Crippen molar-refractivity contribution >= 4 is 5.97 Å². The third kappa shape index (κ3) is 6.33. The number of rotatable bonds is 10. The molecule has 0 saturated carbocycles. The summed E-state index contributed by atoms with van der Waals surface area (Å²) in [7, 11) is 0. The zero-order valence-corrected chi connectivity index (χ0v) is 11.6. The lowest BCUT2D eigenvalue weighted by molar-refractivity contribution is -0.161. The third-order valence-corrected chi connectivity index (χ3v) is 2.73. The van der Waals surface area contributed by atoms with E-state index in [9.17, 15) is 4.79 Å². The van der Waals surface area contributed by atoms with Crippen molar-refractivity contribution in [2.75, 3.05) is 33.0 Å². The maximum absolute atomic E-state index is 11.6. The first-order valence-electron chi connectivity index (χ1n) is 6.46.